The molecule has 1 aromatic carbocycles. The van der Waals surface area contributed by atoms with E-state index in [4.69, 9.17) is 9.47 Å². The number of ether oxygens (including phenoxy) is 2. The van der Waals surface area contributed by atoms with Gasteiger partial charge < -0.3 is 14.8 Å². The Morgan fingerprint density at radius 3 is 2.70 bits per heavy atom. The lowest BCUT2D eigenvalue weighted by Crippen LogP contribution is -2.28. The molecule has 0 radical (unpaired) electrons. The lowest BCUT2D eigenvalue weighted by atomic mass is 9.90. The maximum atomic E-state index is 6.01. The van der Waals surface area contributed by atoms with Crippen LogP contribution in [0.15, 0.2) is 12.1 Å². The van der Waals surface area contributed by atoms with E-state index in [0.717, 1.165) is 32.7 Å². The van der Waals surface area contributed by atoms with Gasteiger partial charge in [0.15, 0.2) is 0 Å². The van der Waals surface area contributed by atoms with E-state index in [1.807, 2.05) is 0 Å². The number of methoxy groups -OCH3 is 1. The van der Waals surface area contributed by atoms with E-state index in [1.54, 1.807) is 7.11 Å². The molecule has 1 aliphatic heterocycles. The van der Waals surface area contributed by atoms with Gasteiger partial charge in [-0.1, -0.05) is 12.1 Å². The van der Waals surface area contributed by atoms with Crippen molar-refractivity contribution in [3.8, 4) is 0 Å². The number of hydrogen-bond acceptors (Lipinski definition) is 3. The molecule has 0 aliphatic carbocycles. The van der Waals surface area contributed by atoms with Crippen LogP contribution in [0.3, 0.4) is 0 Å². The Kier molecular flexibility index (Phi) is 5.58. The van der Waals surface area contributed by atoms with Gasteiger partial charge in [-0.15, -0.1) is 0 Å². The molecule has 0 spiro atoms. The first-order chi connectivity index (χ1) is 9.63. The van der Waals surface area contributed by atoms with Gasteiger partial charge in [-0.25, -0.2) is 0 Å². The lowest BCUT2D eigenvalue weighted by Gasteiger charge is -2.22. The standard InChI is InChI=1S/C17H27NO2/c1-12-9-14(3)16(10-13(12)2)17-15(5-7-20-17)11-18-6-8-19-4/h9-10,15,17-18H,5-8,11H2,1-4H3. The third-order valence-electron chi connectivity index (χ3n) is 4.29. The summed E-state index contributed by atoms with van der Waals surface area (Å²) in [5.41, 5.74) is 5.43. The SMILES string of the molecule is COCCNCC1CCOC1c1cc(C)c(C)cc1C. The van der Waals surface area contributed by atoms with E-state index in [9.17, 15) is 0 Å². The van der Waals surface area contributed by atoms with Crippen LogP contribution in [0.1, 0.15) is 34.8 Å². The molecule has 0 amide bonds. The van der Waals surface area contributed by atoms with Crippen LogP contribution in [-0.4, -0.2) is 33.4 Å². The van der Waals surface area contributed by atoms with Crippen LogP contribution in [0.4, 0.5) is 0 Å². The second-order valence-corrected chi connectivity index (χ2v) is 5.83. The second-order valence-electron chi connectivity index (χ2n) is 5.83. The van der Waals surface area contributed by atoms with Crippen LogP contribution in [-0.2, 0) is 9.47 Å². The number of nitrogens with one attached hydrogen (secondary N) is 1. The average Bonchev–Trinajstić information content (AvgIpc) is 2.87. The van der Waals surface area contributed by atoms with Gasteiger partial charge in [-0.3, -0.25) is 0 Å². The summed E-state index contributed by atoms with van der Waals surface area (Å²) in [5.74, 6) is 0.563. The topological polar surface area (TPSA) is 30.5 Å². The number of hydrogen-bond donors (Lipinski definition) is 1. The third kappa shape index (κ3) is 3.60. The fourth-order valence-corrected chi connectivity index (χ4v) is 2.94. The molecule has 112 valence electrons. The summed E-state index contributed by atoms with van der Waals surface area (Å²) in [5, 5.41) is 3.47. The maximum absolute atomic E-state index is 6.01. The van der Waals surface area contributed by atoms with Gasteiger partial charge in [0.1, 0.15) is 0 Å². The quantitative estimate of drug-likeness (QED) is 0.811. The second kappa shape index (κ2) is 7.21. The molecule has 2 atom stereocenters. The normalized spacial score (nSPS) is 22.4. The Labute approximate surface area is 122 Å². The van der Waals surface area contributed by atoms with Gasteiger partial charge in [0.25, 0.3) is 0 Å². The Morgan fingerprint density at radius 2 is 1.95 bits per heavy atom. The summed E-state index contributed by atoms with van der Waals surface area (Å²) in [4.78, 5) is 0. The number of benzene rings is 1. The van der Waals surface area contributed by atoms with Gasteiger partial charge in [0.05, 0.1) is 12.7 Å². The zero-order valence-corrected chi connectivity index (χ0v) is 13.2. The molecule has 0 aromatic heterocycles. The Morgan fingerprint density at radius 1 is 1.20 bits per heavy atom. The maximum Gasteiger partial charge on any atom is 0.0868 e. The van der Waals surface area contributed by atoms with E-state index in [0.29, 0.717) is 5.92 Å². The van der Waals surface area contributed by atoms with E-state index in [1.165, 1.54) is 22.3 Å². The first kappa shape index (κ1) is 15.5. The highest BCUT2D eigenvalue weighted by atomic mass is 16.5. The van der Waals surface area contributed by atoms with Crippen LogP contribution < -0.4 is 5.32 Å². The van der Waals surface area contributed by atoms with Crippen LogP contribution >= 0.6 is 0 Å². The summed E-state index contributed by atoms with van der Waals surface area (Å²) in [6.45, 7) is 10.1. The zero-order valence-electron chi connectivity index (χ0n) is 13.2. The van der Waals surface area contributed by atoms with Crippen molar-refractivity contribution >= 4 is 0 Å². The minimum absolute atomic E-state index is 0.240. The number of rotatable bonds is 6. The van der Waals surface area contributed by atoms with Crippen LogP contribution in [0.25, 0.3) is 0 Å². The fourth-order valence-electron chi connectivity index (χ4n) is 2.94. The van der Waals surface area contributed by atoms with Crippen molar-refractivity contribution in [1.82, 2.24) is 5.32 Å². The highest BCUT2D eigenvalue weighted by molar-refractivity contribution is 5.38. The molecule has 1 saturated heterocycles. The smallest absolute Gasteiger partial charge is 0.0868 e. The monoisotopic (exact) mass is 277 g/mol. The van der Waals surface area contributed by atoms with Gasteiger partial charge in [0.2, 0.25) is 0 Å². The van der Waals surface area contributed by atoms with Gasteiger partial charge in [-0.05, 0) is 49.4 Å². The molecule has 1 heterocycles. The molecule has 1 N–H and O–H groups in total. The Hall–Kier alpha value is -0.900. The molecule has 0 bridgehead atoms. The van der Waals surface area contributed by atoms with Crippen molar-refractivity contribution in [2.24, 2.45) is 5.92 Å². The van der Waals surface area contributed by atoms with Gasteiger partial charge in [-0.2, -0.15) is 0 Å². The van der Waals surface area contributed by atoms with Crippen LogP contribution in [0, 0.1) is 26.7 Å². The van der Waals surface area contributed by atoms with Crippen LogP contribution in [0.5, 0.6) is 0 Å². The Balaban J connectivity index is 2.05. The molecule has 20 heavy (non-hydrogen) atoms. The Bertz CT molecular complexity index is 445. The fraction of sp³-hybridized carbons (Fsp3) is 0.647. The lowest BCUT2D eigenvalue weighted by molar-refractivity contribution is 0.0893. The summed E-state index contributed by atoms with van der Waals surface area (Å²) in [7, 11) is 1.74. The summed E-state index contributed by atoms with van der Waals surface area (Å²) in [6, 6.07) is 4.59. The molecule has 2 unspecified atom stereocenters. The predicted molar refractivity (Wildman–Crippen MR) is 82.2 cm³/mol. The molecule has 1 fully saturated rings. The minimum Gasteiger partial charge on any atom is -0.383 e. The molecule has 1 aromatic rings. The van der Waals surface area contributed by atoms with E-state index in [2.05, 4.69) is 38.2 Å². The first-order valence-electron chi connectivity index (χ1n) is 7.52. The molecule has 1 aliphatic rings. The third-order valence-corrected chi connectivity index (χ3v) is 4.29. The molecule has 3 nitrogen and oxygen atoms in total. The summed E-state index contributed by atoms with van der Waals surface area (Å²) >= 11 is 0. The van der Waals surface area contributed by atoms with Crippen molar-refractivity contribution in [2.75, 3.05) is 33.4 Å². The molecular formula is C17H27NO2. The van der Waals surface area contributed by atoms with E-state index < -0.39 is 0 Å². The predicted octanol–water partition coefficient (Wildman–Crippen LogP) is 2.93. The van der Waals surface area contributed by atoms with Crippen molar-refractivity contribution in [3.63, 3.8) is 0 Å². The van der Waals surface area contributed by atoms with Crippen molar-refractivity contribution < 1.29 is 9.47 Å². The van der Waals surface area contributed by atoms with Crippen molar-refractivity contribution in [3.05, 3.63) is 34.4 Å². The van der Waals surface area contributed by atoms with Crippen molar-refractivity contribution in [2.45, 2.75) is 33.3 Å². The largest absolute Gasteiger partial charge is 0.383 e. The molecule has 2 rings (SSSR count). The summed E-state index contributed by atoms with van der Waals surface area (Å²) in [6.07, 6.45) is 1.38. The van der Waals surface area contributed by atoms with Gasteiger partial charge >= 0.3 is 0 Å². The molecule has 0 saturated carbocycles. The molecular weight excluding hydrogens is 250 g/mol. The number of aryl methyl sites for hydroxylation is 3. The first-order valence-corrected chi connectivity index (χ1v) is 7.52. The summed E-state index contributed by atoms with van der Waals surface area (Å²) < 4.78 is 11.1. The van der Waals surface area contributed by atoms with Crippen molar-refractivity contribution in [1.29, 1.82) is 0 Å². The van der Waals surface area contributed by atoms with E-state index >= 15 is 0 Å². The average molecular weight is 277 g/mol. The molecule has 3 heteroatoms. The highest BCUT2D eigenvalue weighted by Crippen LogP contribution is 2.36. The minimum atomic E-state index is 0.240. The van der Waals surface area contributed by atoms with Crippen LogP contribution in [0.2, 0.25) is 0 Å². The van der Waals surface area contributed by atoms with E-state index in [-0.39, 0.29) is 6.10 Å². The highest BCUT2D eigenvalue weighted by Gasteiger charge is 2.30. The zero-order chi connectivity index (χ0) is 14.5. The van der Waals surface area contributed by atoms with Gasteiger partial charge in [0, 0.05) is 32.7 Å².